The van der Waals surface area contributed by atoms with Crippen LogP contribution in [0.4, 0.5) is 19.0 Å². The van der Waals surface area contributed by atoms with Gasteiger partial charge in [0.1, 0.15) is 17.9 Å². The van der Waals surface area contributed by atoms with Crippen LogP contribution >= 0.6 is 0 Å². The Hall–Kier alpha value is -2.97. The lowest BCUT2D eigenvalue weighted by Crippen LogP contribution is -2.37. The van der Waals surface area contributed by atoms with Crippen molar-refractivity contribution in [1.29, 1.82) is 0 Å². The molecule has 1 saturated heterocycles. The molecule has 29 heavy (non-hydrogen) atoms. The van der Waals surface area contributed by atoms with E-state index in [9.17, 15) is 22.8 Å². The van der Waals surface area contributed by atoms with Gasteiger partial charge in [0.15, 0.2) is 0 Å². The Kier molecular flexibility index (Phi) is 6.14. The average molecular weight is 406 g/mol. The zero-order chi connectivity index (χ0) is 21.0. The first-order valence-electron chi connectivity index (χ1n) is 9.27. The molecule has 2 aromatic heterocycles. The van der Waals surface area contributed by atoms with Gasteiger partial charge in [0.2, 0.25) is 11.7 Å². The molecule has 0 atom stereocenters. The van der Waals surface area contributed by atoms with Crippen molar-refractivity contribution in [3.05, 3.63) is 53.5 Å². The van der Waals surface area contributed by atoms with Crippen LogP contribution in [0.5, 0.6) is 0 Å². The van der Waals surface area contributed by atoms with Gasteiger partial charge in [0.05, 0.1) is 0 Å². The molecule has 3 rings (SSSR count). The van der Waals surface area contributed by atoms with Gasteiger partial charge in [-0.15, -0.1) is 0 Å². The summed E-state index contributed by atoms with van der Waals surface area (Å²) in [4.78, 5) is 36.3. The molecule has 154 valence electrons. The maximum absolute atomic E-state index is 12.8. The minimum atomic E-state index is -4.51. The molecule has 6 nitrogen and oxygen atoms in total. The van der Waals surface area contributed by atoms with Gasteiger partial charge in [0, 0.05) is 43.6 Å². The quantitative estimate of drug-likeness (QED) is 0.731. The minimum absolute atomic E-state index is 0.177. The Morgan fingerprint density at radius 2 is 1.86 bits per heavy atom. The molecule has 0 N–H and O–H groups in total. The monoisotopic (exact) mass is 406 g/mol. The fourth-order valence-electron chi connectivity index (χ4n) is 3.27. The van der Waals surface area contributed by atoms with Crippen LogP contribution in [0.3, 0.4) is 0 Å². The number of pyridine rings is 2. The predicted octanol–water partition coefficient (Wildman–Crippen LogP) is 3.01. The molecule has 0 bridgehead atoms. The third kappa shape index (κ3) is 5.30. The standard InChI is InChI=1S/C20H21F3N4O2/c1-14-15(5-3-8-24-14)19(29)16-6-2-7-17(25-16)26-9-4-10-27(12-11-26)18(28)13-20(21,22)23/h2-3,5-8H,4,9-13H2,1H3. The second-order valence-corrected chi connectivity index (χ2v) is 6.86. The van der Waals surface area contributed by atoms with E-state index in [1.165, 1.54) is 4.90 Å². The second-order valence-electron chi connectivity index (χ2n) is 6.86. The lowest BCUT2D eigenvalue weighted by atomic mass is 10.1. The average Bonchev–Trinajstić information content (AvgIpc) is 2.93. The van der Waals surface area contributed by atoms with Gasteiger partial charge in [-0.05, 0) is 37.6 Å². The van der Waals surface area contributed by atoms with Crippen LogP contribution in [-0.4, -0.2) is 58.9 Å². The number of ketones is 1. The third-order valence-electron chi connectivity index (χ3n) is 4.74. The number of carbonyl (C=O) groups is 2. The number of alkyl halides is 3. The molecule has 2 aromatic rings. The van der Waals surface area contributed by atoms with E-state index < -0.39 is 18.5 Å². The fraction of sp³-hybridized carbons (Fsp3) is 0.400. The summed E-state index contributed by atoms with van der Waals surface area (Å²) in [5.41, 5.74) is 1.35. The summed E-state index contributed by atoms with van der Waals surface area (Å²) in [5, 5.41) is 0. The van der Waals surface area contributed by atoms with E-state index in [2.05, 4.69) is 9.97 Å². The highest BCUT2D eigenvalue weighted by atomic mass is 19.4. The van der Waals surface area contributed by atoms with Gasteiger partial charge in [0.25, 0.3) is 0 Å². The van der Waals surface area contributed by atoms with Crippen LogP contribution in [0.1, 0.15) is 34.6 Å². The number of amides is 1. The van der Waals surface area contributed by atoms with E-state index >= 15 is 0 Å². The number of hydrogen-bond donors (Lipinski definition) is 0. The Labute approximate surface area is 166 Å². The number of carbonyl (C=O) groups excluding carboxylic acids is 2. The lowest BCUT2D eigenvalue weighted by Gasteiger charge is -2.23. The number of nitrogens with zero attached hydrogens (tertiary/aromatic N) is 4. The van der Waals surface area contributed by atoms with Gasteiger partial charge < -0.3 is 9.80 Å². The summed E-state index contributed by atoms with van der Waals surface area (Å²) < 4.78 is 37.5. The van der Waals surface area contributed by atoms with Gasteiger partial charge in [-0.2, -0.15) is 13.2 Å². The van der Waals surface area contributed by atoms with Gasteiger partial charge in [-0.1, -0.05) is 6.07 Å². The number of rotatable bonds is 4. The highest BCUT2D eigenvalue weighted by molar-refractivity contribution is 6.08. The molecule has 1 amide bonds. The molecule has 0 radical (unpaired) electrons. The molecule has 3 heterocycles. The molecule has 0 unspecified atom stereocenters. The van der Waals surface area contributed by atoms with Crippen LogP contribution in [0, 0.1) is 6.92 Å². The molecule has 1 aliphatic heterocycles. The topological polar surface area (TPSA) is 66.4 Å². The summed E-state index contributed by atoms with van der Waals surface area (Å²) in [6.07, 6.45) is -3.83. The Balaban J connectivity index is 1.72. The van der Waals surface area contributed by atoms with E-state index in [1.807, 2.05) is 4.90 Å². The first-order valence-corrected chi connectivity index (χ1v) is 9.27. The number of aromatic nitrogens is 2. The summed E-state index contributed by atoms with van der Waals surface area (Å²) in [6, 6.07) is 8.47. The van der Waals surface area contributed by atoms with Crippen LogP contribution in [-0.2, 0) is 4.79 Å². The molecule has 0 spiro atoms. The van der Waals surface area contributed by atoms with Crippen molar-refractivity contribution in [2.75, 3.05) is 31.1 Å². The largest absolute Gasteiger partial charge is 0.397 e. The van der Waals surface area contributed by atoms with E-state index in [0.29, 0.717) is 36.6 Å². The van der Waals surface area contributed by atoms with E-state index in [0.717, 1.165) is 0 Å². The first kappa shape index (κ1) is 20.8. The molecular weight excluding hydrogens is 385 g/mol. The maximum Gasteiger partial charge on any atom is 0.397 e. The van der Waals surface area contributed by atoms with E-state index in [4.69, 9.17) is 0 Å². The molecular formula is C20H21F3N4O2. The fourth-order valence-corrected chi connectivity index (χ4v) is 3.27. The molecule has 0 saturated carbocycles. The molecule has 9 heteroatoms. The van der Waals surface area contributed by atoms with E-state index in [1.54, 1.807) is 43.5 Å². The number of aryl methyl sites for hydroxylation is 1. The number of halogens is 3. The van der Waals surface area contributed by atoms with Gasteiger partial charge in [-0.3, -0.25) is 14.6 Å². The third-order valence-corrected chi connectivity index (χ3v) is 4.74. The first-order chi connectivity index (χ1) is 13.7. The van der Waals surface area contributed by atoms with E-state index in [-0.39, 0.29) is 24.6 Å². The van der Waals surface area contributed by atoms with Crippen molar-refractivity contribution in [2.45, 2.75) is 25.9 Å². The lowest BCUT2D eigenvalue weighted by molar-refractivity contribution is -0.161. The second kappa shape index (κ2) is 8.59. The van der Waals surface area contributed by atoms with Crippen LogP contribution in [0.15, 0.2) is 36.5 Å². The van der Waals surface area contributed by atoms with Gasteiger partial charge >= 0.3 is 6.18 Å². The number of hydrogen-bond acceptors (Lipinski definition) is 5. The summed E-state index contributed by atoms with van der Waals surface area (Å²) >= 11 is 0. The zero-order valence-corrected chi connectivity index (χ0v) is 15.9. The highest BCUT2D eigenvalue weighted by Crippen LogP contribution is 2.22. The van der Waals surface area contributed by atoms with Crippen molar-refractivity contribution in [3.63, 3.8) is 0 Å². The van der Waals surface area contributed by atoms with Crippen molar-refractivity contribution in [2.24, 2.45) is 0 Å². The zero-order valence-electron chi connectivity index (χ0n) is 15.9. The SMILES string of the molecule is Cc1ncccc1C(=O)c1cccc(N2CCCN(C(=O)CC(F)(F)F)CC2)n1. The van der Waals surface area contributed by atoms with Crippen molar-refractivity contribution in [1.82, 2.24) is 14.9 Å². The molecule has 0 aromatic carbocycles. The molecule has 1 aliphatic rings. The normalized spacial score (nSPS) is 15.2. The Bertz CT molecular complexity index is 901. The summed E-state index contributed by atoms with van der Waals surface area (Å²) in [7, 11) is 0. The Morgan fingerprint density at radius 1 is 1.07 bits per heavy atom. The Morgan fingerprint density at radius 3 is 2.59 bits per heavy atom. The van der Waals surface area contributed by atoms with Crippen LogP contribution in [0.2, 0.25) is 0 Å². The molecule has 0 aliphatic carbocycles. The van der Waals surface area contributed by atoms with Crippen LogP contribution in [0.25, 0.3) is 0 Å². The predicted molar refractivity (Wildman–Crippen MR) is 101 cm³/mol. The maximum atomic E-state index is 12.8. The molecule has 1 fully saturated rings. The summed E-state index contributed by atoms with van der Waals surface area (Å²) in [6.45, 7) is 3.07. The minimum Gasteiger partial charge on any atom is -0.355 e. The van der Waals surface area contributed by atoms with Crippen molar-refractivity contribution in [3.8, 4) is 0 Å². The highest BCUT2D eigenvalue weighted by Gasteiger charge is 2.34. The van der Waals surface area contributed by atoms with Crippen molar-refractivity contribution >= 4 is 17.5 Å². The smallest absolute Gasteiger partial charge is 0.355 e. The van der Waals surface area contributed by atoms with Crippen LogP contribution < -0.4 is 4.90 Å². The summed E-state index contributed by atoms with van der Waals surface area (Å²) in [5.74, 6) is -0.597. The van der Waals surface area contributed by atoms with Crippen molar-refractivity contribution < 1.29 is 22.8 Å². The van der Waals surface area contributed by atoms with Gasteiger partial charge in [-0.25, -0.2) is 4.98 Å². The number of anilines is 1.